The predicted molar refractivity (Wildman–Crippen MR) is 90.0 cm³/mol. The van der Waals surface area contributed by atoms with E-state index in [9.17, 15) is 0 Å². The summed E-state index contributed by atoms with van der Waals surface area (Å²) in [6, 6.07) is 16.4. The molecule has 0 amide bonds. The minimum absolute atomic E-state index is 0.0538. The van der Waals surface area contributed by atoms with Crippen LogP contribution in [0.4, 0.5) is 0 Å². The first kappa shape index (κ1) is 14.3. The van der Waals surface area contributed by atoms with Gasteiger partial charge in [-0.3, -0.25) is 14.9 Å². The van der Waals surface area contributed by atoms with Gasteiger partial charge < -0.3 is 4.74 Å². The predicted octanol–water partition coefficient (Wildman–Crippen LogP) is 3.20. The highest BCUT2D eigenvalue weighted by Gasteiger charge is 2.23. The summed E-state index contributed by atoms with van der Waals surface area (Å²) in [7, 11) is 0. The molecule has 2 aromatic heterocycles. The first-order valence-electron chi connectivity index (χ1n) is 7.98. The largest absolute Gasteiger partial charge is 0.369 e. The minimum Gasteiger partial charge on any atom is -0.369 e. The van der Waals surface area contributed by atoms with E-state index < -0.39 is 0 Å². The zero-order valence-electron chi connectivity index (χ0n) is 12.9. The van der Waals surface area contributed by atoms with E-state index >= 15 is 0 Å². The van der Waals surface area contributed by atoms with Crippen LogP contribution in [0.1, 0.15) is 17.4 Å². The number of fused-ring (bicyclic) bond motifs is 1. The molecule has 1 saturated heterocycles. The normalized spacial score (nSPS) is 19.0. The number of para-hydroxylation sites is 1. The van der Waals surface area contributed by atoms with Gasteiger partial charge in [0.25, 0.3) is 0 Å². The van der Waals surface area contributed by atoms with Gasteiger partial charge in [0.1, 0.15) is 6.10 Å². The van der Waals surface area contributed by atoms with Gasteiger partial charge in [0.2, 0.25) is 0 Å². The average Bonchev–Trinajstić information content (AvgIpc) is 2.63. The Balaban J connectivity index is 1.54. The Labute approximate surface area is 135 Å². The van der Waals surface area contributed by atoms with E-state index in [4.69, 9.17) is 4.74 Å². The second kappa shape index (κ2) is 6.44. The molecule has 4 nitrogen and oxygen atoms in total. The van der Waals surface area contributed by atoms with Gasteiger partial charge in [0, 0.05) is 37.4 Å². The molecular weight excluding hydrogens is 286 g/mol. The SMILES string of the molecule is c1ccc([C@@H]2CN(Cc3ccnc4ccccc34)CCO2)nc1. The molecule has 3 heterocycles. The van der Waals surface area contributed by atoms with Crippen molar-refractivity contribution in [3.63, 3.8) is 0 Å². The van der Waals surface area contributed by atoms with Crippen molar-refractivity contribution in [2.24, 2.45) is 0 Å². The molecule has 0 radical (unpaired) electrons. The second-order valence-corrected chi connectivity index (χ2v) is 5.84. The summed E-state index contributed by atoms with van der Waals surface area (Å²) in [6.07, 6.45) is 3.78. The Morgan fingerprint density at radius 1 is 1.00 bits per heavy atom. The molecule has 1 aliphatic rings. The van der Waals surface area contributed by atoms with E-state index in [0.29, 0.717) is 0 Å². The summed E-state index contributed by atoms with van der Waals surface area (Å²) in [5.41, 5.74) is 3.38. The van der Waals surface area contributed by atoms with Crippen molar-refractivity contribution in [1.29, 1.82) is 0 Å². The molecule has 0 aliphatic carbocycles. The van der Waals surface area contributed by atoms with Gasteiger partial charge in [-0.05, 0) is 29.8 Å². The highest BCUT2D eigenvalue weighted by atomic mass is 16.5. The smallest absolute Gasteiger partial charge is 0.112 e. The molecule has 1 fully saturated rings. The maximum Gasteiger partial charge on any atom is 0.112 e. The average molecular weight is 305 g/mol. The van der Waals surface area contributed by atoms with Gasteiger partial charge in [-0.1, -0.05) is 24.3 Å². The van der Waals surface area contributed by atoms with Gasteiger partial charge in [-0.15, -0.1) is 0 Å². The van der Waals surface area contributed by atoms with Gasteiger partial charge in [-0.2, -0.15) is 0 Å². The standard InChI is InChI=1S/C19H19N3O/c1-2-6-17-16(5-1)15(8-10-21-17)13-22-11-12-23-19(14-22)18-7-3-4-9-20-18/h1-10,19H,11-14H2/t19-/m0/s1. The summed E-state index contributed by atoms with van der Waals surface area (Å²) in [5, 5.41) is 1.23. The molecule has 0 spiro atoms. The van der Waals surface area contributed by atoms with Crippen LogP contribution in [-0.2, 0) is 11.3 Å². The molecule has 0 unspecified atom stereocenters. The first-order chi connectivity index (χ1) is 11.4. The lowest BCUT2D eigenvalue weighted by Crippen LogP contribution is -2.38. The lowest BCUT2D eigenvalue weighted by molar-refractivity contribution is -0.0348. The van der Waals surface area contributed by atoms with E-state index in [0.717, 1.165) is 37.5 Å². The van der Waals surface area contributed by atoms with Crippen molar-refractivity contribution in [2.45, 2.75) is 12.6 Å². The van der Waals surface area contributed by atoms with Crippen LogP contribution in [-0.4, -0.2) is 34.6 Å². The molecule has 0 saturated carbocycles. The number of pyridine rings is 2. The number of hydrogen-bond donors (Lipinski definition) is 0. The fraction of sp³-hybridized carbons (Fsp3) is 0.263. The lowest BCUT2D eigenvalue weighted by Gasteiger charge is -2.32. The van der Waals surface area contributed by atoms with Crippen LogP contribution in [0.15, 0.2) is 60.9 Å². The van der Waals surface area contributed by atoms with Crippen molar-refractivity contribution in [1.82, 2.24) is 14.9 Å². The topological polar surface area (TPSA) is 38.2 Å². The third-order valence-electron chi connectivity index (χ3n) is 4.30. The van der Waals surface area contributed by atoms with Crippen LogP contribution in [0.2, 0.25) is 0 Å². The van der Waals surface area contributed by atoms with Crippen molar-refractivity contribution in [3.05, 3.63) is 72.2 Å². The summed E-state index contributed by atoms with van der Waals surface area (Å²) in [6.45, 7) is 3.47. The van der Waals surface area contributed by atoms with E-state index in [1.807, 2.05) is 36.7 Å². The van der Waals surface area contributed by atoms with E-state index in [2.05, 4.69) is 39.1 Å². The van der Waals surface area contributed by atoms with E-state index in [1.54, 1.807) is 0 Å². The van der Waals surface area contributed by atoms with Crippen LogP contribution >= 0.6 is 0 Å². The first-order valence-corrected chi connectivity index (χ1v) is 7.98. The molecule has 116 valence electrons. The third-order valence-corrected chi connectivity index (χ3v) is 4.30. The Kier molecular flexibility index (Phi) is 4.01. The van der Waals surface area contributed by atoms with E-state index in [-0.39, 0.29) is 6.10 Å². The lowest BCUT2D eigenvalue weighted by atomic mass is 10.1. The van der Waals surface area contributed by atoms with Gasteiger partial charge in [0.05, 0.1) is 17.8 Å². The van der Waals surface area contributed by atoms with Crippen LogP contribution in [0.25, 0.3) is 10.9 Å². The molecule has 3 aromatic rings. The van der Waals surface area contributed by atoms with Gasteiger partial charge in [-0.25, -0.2) is 0 Å². The summed E-state index contributed by atoms with van der Waals surface area (Å²) in [4.78, 5) is 11.3. The summed E-state index contributed by atoms with van der Waals surface area (Å²) >= 11 is 0. The maximum atomic E-state index is 5.90. The van der Waals surface area contributed by atoms with Crippen LogP contribution < -0.4 is 0 Å². The van der Waals surface area contributed by atoms with Gasteiger partial charge >= 0.3 is 0 Å². The number of ether oxygens (including phenoxy) is 1. The fourth-order valence-electron chi connectivity index (χ4n) is 3.13. The van der Waals surface area contributed by atoms with Crippen molar-refractivity contribution in [3.8, 4) is 0 Å². The number of rotatable bonds is 3. The Hall–Kier alpha value is -2.30. The second-order valence-electron chi connectivity index (χ2n) is 5.84. The quantitative estimate of drug-likeness (QED) is 0.745. The monoisotopic (exact) mass is 305 g/mol. The molecule has 23 heavy (non-hydrogen) atoms. The van der Waals surface area contributed by atoms with Crippen molar-refractivity contribution in [2.75, 3.05) is 19.7 Å². The van der Waals surface area contributed by atoms with Crippen molar-refractivity contribution < 1.29 is 4.74 Å². The molecule has 1 atom stereocenters. The molecule has 4 rings (SSSR count). The Morgan fingerprint density at radius 3 is 2.83 bits per heavy atom. The zero-order valence-corrected chi connectivity index (χ0v) is 12.9. The number of benzene rings is 1. The van der Waals surface area contributed by atoms with Crippen LogP contribution in [0.3, 0.4) is 0 Å². The molecule has 0 N–H and O–H groups in total. The molecular formula is C19H19N3O. The highest BCUT2D eigenvalue weighted by Crippen LogP contribution is 2.23. The maximum absolute atomic E-state index is 5.90. The van der Waals surface area contributed by atoms with E-state index in [1.165, 1.54) is 10.9 Å². The molecule has 1 aliphatic heterocycles. The Morgan fingerprint density at radius 2 is 1.91 bits per heavy atom. The number of aromatic nitrogens is 2. The Bertz CT molecular complexity index is 785. The third kappa shape index (κ3) is 3.09. The van der Waals surface area contributed by atoms with Crippen molar-refractivity contribution >= 4 is 10.9 Å². The highest BCUT2D eigenvalue weighted by molar-refractivity contribution is 5.81. The number of hydrogen-bond acceptors (Lipinski definition) is 4. The zero-order chi connectivity index (χ0) is 15.5. The number of nitrogens with zero attached hydrogens (tertiary/aromatic N) is 3. The molecule has 4 heteroatoms. The molecule has 1 aromatic carbocycles. The van der Waals surface area contributed by atoms with Crippen LogP contribution in [0, 0.1) is 0 Å². The molecule has 0 bridgehead atoms. The number of morpholine rings is 1. The summed E-state index contributed by atoms with van der Waals surface area (Å²) in [5.74, 6) is 0. The fourth-order valence-corrected chi connectivity index (χ4v) is 3.13. The summed E-state index contributed by atoms with van der Waals surface area (Å²) < 4.78 is 5.90. The van der Waals surface area contributed by atoms with Crippen LogP contribution in [0.5, 0.6) is 0 Å². The minimum atomic E-state index is 0.0538. The van der Waals surface area contributed by atoms with Gasteiger partial charge in [0.15, 0.2) is 0 Å².